The van der Waals surface area contributed by atoms with E-state index in [1.54, 1.807) is 6.08 Å². The Morgan fingerprint density at radius 1 is 1.40 bits per heavy atom. The number of hydrogen-bond donors (Lipinski definition) is 1. The number of rotatable bonds is 6. The zero-order valence-corrected chi connectivity index (χ0v) is 14.7. The van der Waals surface area contributed by atoms with Crippen molar-refractivity contribution < 1.29 is 24.2 Å². The van der Waals surface area contributed by atoms with E-state index in [0.717, 1.165) is 5.56 Å². The zero-order chi connectivity index (χ0) is 18.4. The molecule has 1 fully saturated rings. The Labute approximate surface area is 148 Å². The van der Waals surface area contributed by atoms with Crippen molar-refractivity contribution >= 4 is 12.1 Å². The van der Waals surface area contributed by atoms with Crippen LogP contribution < -0.4 is 0 Å². The molecule has 0 bridgehead atoms. The van der Waals surface area contributed by atoms with Gasteiger partial charge < -0.3 is 14.6 Å². The van der Waals surface area contributed by atoms with Crippen LogP contribution in [0.4, 0.5) is 4.79 Å². The van der Waals surface area contributed by atoms with Gasteiger partial charge in [-0.15, -0.1) is 6.58 Å². The molecule has 1 N–H and O–H groups in total. The molecule has 1 amide bonds. The maximum atomic E-state index is 12.6. The van der Waals surface area contributed by atoms with E-state index >= 15 is 0 Å². The summed E-state index contributed by atoms with van der Waals surface area (Å²) in [6.45, 7) is 5.81. The molecule has 1 aliphatic heterocycles. The first-order valence-electron chi connectivity index (χ1n) is 8.24. The van der Waals surface area contributed by atoms with Gasteiger partial charge in [0.15, 0.2) is 0 Å². The standard InChI is InChI=1S/C19H25NO5/c1-4-10-19(2)15(12-21)11-20(16(19)17(22)24-3)18(23)25-13-14-8-6-5-7-9-14/h4-9,15-16,21H,1,10-13H2,2-3H3. The molecule has 1 aromatic carbocycles. The van der Waals surface area contributed by atoms with E-state index < -0.39 is 23.5 Å². The number of nitrogens with zero attached hydrogens (tertiary/aromatic N) is 1. The van der Waals surface area contributed by atoms with E-state index in [0.29, 0.717) is 6.42 Å². The molecule has 0 spiro atoms. The highest BCUT2D eigenvalue weighted by atomic mass is 16.6. The number of carbonyl (C=O) groups is 2. The third-order valence-corrected chi connectivity index (χ3v) is 4.95. The number of esters is 1. The van der Waals surface area contributed by atoms with Crippen LogP contribution in [0.1, 0.15) is 18.9 Å². The molecule has 1 heterocycles. The van der Waals surface area contributed by atoms with Gasteiger partial charge in [0.1, 0.15) is 12.6 Å². The Hall–Kier alpha value is -2.34. The molecule has 1 saturated heterocycles. The van der Waals surface area contributed by atoms with Gasteiger partial charge in [-0.2, -0.15) is 0 Å². The lowest BCUT2D eigenvalue weighted by atomic mass is 9.72. The lowest BCUT2D eigenvalue weighted by molar-refractivity contribution is -0.149. The SMILES string of the molecule is C=CCC1(C)C(CO)CN(C(=O)OCc2ccccc2)C1C(=O)OC. The molecular formula is C19H25NO5. The Kier molecular flexibility index (Phi) is 6.20. The highest BCUT2D eigenvalue weighted by molar-refractivity contribution is 5.83. The molecule has 1 aliphatic rings. The van der Waals surface area contributed by atoms with E-state index in [-0.39, 0.29) is 25.7 Å². The third-order valence-electron chi connectivity index (χ3n) is 4.95. The van der Waals surface area contributed by atoms with Crippen molar-refractivity contribution in [2.24, 2.45) is 11.3 Å². The van der Waals surface area contributed by atoms with E-state index in [9.17, 15) is 14.7 Å². The fourth-order valence-corrected chi connectivity index (χ4v) is 3.48. The lowest BCUT2D eigenvalue weighted by Crippen LogP contribution is -2.48. The summed E-state index contributed by atoms with van der Waals surface area (Å²) in [5.41, 5.74) is 0.201. The van der Waals surface area contributed by atoms with Gasteiger partial charge in [-0.05, 0) is 12.0 Å². The summed E-state index contributed by atoms with van der Waals surface area (Å²) in [5.74, 6) is -0.782. The van der Waals surface area contributed by atoms with Gasteiger partial charge in [0.25, 0.3) is 0 Å². The maximum absolute atomic E-state index is 12.6. The molecule has 3 atom stereocenters. The van der Waals surface area contributed by atoms with Gasteiger partial charge in [0.2, 0.25) is 0 Å². The lowest BCUT2D eigenvalue weighted by Gasteiger charge is -2.34. The summed E-state index contributed by atoms with van der Waals surface area (Å²) in [6.07, 6.45) is 1.57. The summed E-state index contributed by atoms with van der Waals surface area (Å²) < 4.78 is 10.3. The maximum Gasteiger partial charge on any atom is 0.410 e. The predicted octanol–water partition coefficient (Wildman–Crippen LogP) is 2.37. The van der Waals surface area contributed by atoms with Crippen LogP contribution in [0.25, 0.3) is 0 Å². The summed E-state index contributed by atoms with van der Waals surface area (Å²) >= 11 is 0. The third kappa shape index (κ3) is 3.85. The first kappa shape index (κ1) is 19.0. The van der Waals surface area contributed by atoms with Crippen molar-refractivity contribution in [3.05, 3.63) is 48.6 Å². The second-order valence-corrected chi connectivity index (χ2v) is 6.50. The van der Waals surface area contributed by atoms with Gasteiger partial charge in [0.05, 0.1) is 7.11 Å². The normalized spacial score (nSPS) is 25.5. The first-order valence-corrected chi connectivity index (χ1v) is 8.24. The minimum absolute atomic E-state index is 0.117. The number of hydrogen-bond acceptors (Lipinski definition) is 5. The second kappa shape index (κ2) is 8.16. The minimum Gasteiger partial charge on any atom is -0.467 e. The quantitative estimate of drug-likeness (QED) is 0.631. The molecule has 0 aromatic heterocycles. The van der Waals surface area contributed by atoms with E-state index in [1.807, 2.05) is 37.3 Å². The molecule has 3 unspecified atom stereocenters. The zero-order valence-electron chi connectivity index (χ0n) is 14.7. The molecule has 6 nitrogen and oxygen atoms in total. The number of amides is 1. The van der Waals surface area contributed by atoms with Crippen LogP contribution >= 0.6 is 0 Å². The van der Waals surface area contributed by atoms with E-state index in [1.165, 1.54) is 12.0 Å². The van der Waals surface area contributed by atoms with Crippen LogP contribution in [0.2, 0.25) is 0 Å². The summed E-state index contributed by atoms with van der Waals surface area (Å²) in [5, 5.41) is 9.74. The molecule has 25 heavy (non-hydrogen) atoms. The molecule has 6 heteroatoms. The average Bonchev–Trinajstić information content (AvgIpc) is 2.92. The smallest absolute Gasteiger partial charge is 0.410 e. The van der Waals surface area contributed by atoms with E-state index in [4.69, 9.17) is 9.47 Å². The average molecular weight is 347 g/mol. The Morgan fingerprint density at radius 2 is 2.08 bits per heavy atom. The number of aliphatic hydroxyl groups is 1. The van der Waals surface area contributed by atoms with Crippen LogP contribution in [0.3, 0.4) is 0 Å². The van der Waals surface area contributed by atoms with Crippen molar-refractivity contribution in [2.75, 3.05) is 20.3 Å². The molecular weight excluding hydrogens is 322 g/mol. The number of methoxy groups -OCH3 is 1. The monoisotopic (exact) mass is 347 g/mol. The van der Waals surface area contributed by atoms with E-state index in [2.05, 4.69) is 6.58 Å². The molecule has 0 radical (unpaired) electrons. The Bertz CT molecular complexity index is 618. The largest absolute Gasteiger partial charge is 0.467 e. The molecule has 0 saturated carbocycles. The molecule has 0 aliphatic carbocycles. The second-order valence-electron chi connectivity index (χ2n) is 6.50. The Morgan fingerprint density at radius 3 is 2.64 bits per heavy atom. The van der Waals surface area contributed by atoms with Crippen molar-refractivity contribution in [2.45, 2.75) is 26.0 Å². The number of allylic oxidation sites excluding steroid dienone is 1. The van der Waals surface area contributed by atoms with Crippen LogP contribution in [0.15, 0.2) is 43.0 Å². The van der Waals surface area contributed by atoms with Gasteiger partial charge in [-0.25, -0.2) is 9.59 Å². The highest BCUT2D eigenvalue weighted by Crippen LogP contribution is 2.45. The summed E-state index contributed by atoms with van der Waals surface area (Å²) in [7, 11) is 1.29. The van der Waals surface area contributed by atoms with Gasteiger partial charge in [0, 0.05) is 24.5 Å². The van der Waals surface area contributed by atoms with Crippen molar-refractivity contribution in [3.8, 4) is 0 Å². The number of carbonyl (C=O) groups excluding carboxylic acids is 2. The molecule has 2 rings (SSSR count). The van der Waals surface area contributed by atoms with Crippen LogP contribution in [-0.2, 0) is 20.9 Å². The van der Waals surface area contributed by atoms with Crippen molar-refractivity contribution in [1.82, 2.24) is 4.90 Å². The number of likely N-dealkylation sites (tertiary alicyclic amines) is 1. The number of ether oxygens (including phenoxy) is 2. The predicted molar refractivity (Wildman–Crippen MR) is 92.6 cm³/mol. The fourth-order valence-electron chi connectivity index (χ4n) is 3.48. The summed E-state index contributed by atoms with van der Waals surface area (Å²) in [4.78, 5) is 26.3. The molecule has 136 valence electrons. The van der Waals surface area contributed by atoms with Crippen LogP contribution in [0.5, 0.6) is 0 Å². The fraction of sp³-hybridized carbons (Fsp3) is 0.474. The molecule has 1 aromatic rings. The van der Waals surface area contributed by atoms with Gasteiger partial charge in [-0.3, -0.25) is 4.90 Å². The van der Waals surface area contributed by atoms with Gasteiger partial charge in [-0.1, -0.05) is 43.3 Å². The van der Waals surface area contributed by atoms with Crippen LogP contribution in [0, 0.1) is 11.3 Å². The van der Waals surface area contributed by atoms with Crippen LogP contribution in [-0.4, -0.2) is 48.4 Å². The summed E-state index contributed by atoms with van der Waals surface area (Å²) in [6, 6.07) is 8.49. The van der Waals surface area contributed by atoms with Crippen molar-refractivity contribution in [3.63, 3.8) is 0 Å². The minimum atomic E-state index is -0.823. The topological polar surface area (TPSA) is 76.1 Å². The number of benzene rings is 1. The van der Waals surface area contributed by atoms with Gasteiger partial charge >= 0.3 is 12.1 Å². The number of aliphatic hydroxyl groups excluding tert-OH is 1. The Balaban J connectivity index is 2.20. The van der Waals surface area contributed by atoms with Crippen molar-refractivity contribution in [1.29, 1.82) is 0 Å². The first-order chi connectivity index (χ1) is 12.0. The highest BCUT2D eigenvalue weighted by Gasteiger charge is 2.56.